The number of halogens is 5. The minimum Gasteiger partial charge on any atom is -0.330 e. The third-order valence-electron chi connectivity index (χ3n) is 5.91. The molecule has 0 fully saturated rings. The van der Waals surface area contributed by atoms with E-state index in [-0.39, 0.29) is 16.6 Å². The van der Waals surface area contributed by atoms with Gasteiger partial charge in [0.25, 0.3) is 0 Å². The van der Waals surface area contributed by atoms with Gasteiger partial charge in [-0.15, -0.1) is 34.8 Å². The van der Waals surface area contributed by atoms with Crippen molar-refractivity contribution < 1.29 is 4.21 Å². The van der Waals surface area contributed by atoms with Crippen LogP contribution >= 0.6 is 73.3 Å². The summed E-state index contributed by atoms with van der Waals surface area (Å²) < 4.78 is 15.5. The molecule has 9 heteroatoms. The molecule has 0 aliphatic rings. The monoisotopic (exact) mass is 763 g/mol. The molecule has 2 aromatic carbocycles. The van der Waals surface area contributed by atoms with Crippen LogP contribution in [0.1, 0.15) is 29.8 Å². The molecule has 200 valence electrons. The van der Waals surface area contributed by atoms with E-state index in [0.717, 1.165) is 20.3 Å². The van der Waals surface area contributed by atoms with Gasteiger partial charge in [-0.3, -0.25) is 9.00 Å². The number of benzene rings is 2. The van der Waals surface area contributed by atoms with E-state index in [2.05, 4.69) is 56.9 Å². The maximum Gasteiger partial charge on any atom is 0.197 e. The molecule has 38 heavy (non-hydrogen) atoms. The highest BCUT2D eigenvalue weighted by molar-refractivity contribution is 14.1. The van der Waals surface area contributed by atoms with Gasteiger partial charge in [0, 0.05) is 43.7 Å². The molecular weight excluding hydrogens is 740 g/mol. The predicted molar refractivity (Wildman–Crippen MR) is 176 cm³/mol. The van der Waals surface area contributed by atoms with E-state index in [1.54, 1.807) is 29.2 Å². The van der Waals surface area contributed by atoms with Crippen molar-refractivity contribution in [3.05, 3.63) is 80.3 Å². The van der Waals surface area contributed by atoms with Gasteiger partial charge in [0.15, 0.2) is 5.43 Å². The highest BCUT2D eigenvalue weighted by Gasteiger charge is 2.28. The Morgan fingerprint density at radius 1 is 1.13 bits per heavy atom. The number of aryl methyl sites for hydroxylation is 1. The van der Waals surface area contributed by atoms with Gasteiger partial charge in [0.05, 0.1) is 38.0 Å². The van der Waals surface area contributed by atoms with Gasteiger partial charge >= 0.3 is 0 Å². The van der Waals surface area contributed by atoms with Crippen molar-refractivity contribution in [1.29, 1.82) is 0 Å². The van der Waals surface area contributed by atoms with Crippen LogP contribution < -0.4 is 5.43 Å². The van der Waals surface area contributed by atoms with E-state index in [0.29, 0.717) is 33.3 Å². The average molecular weight is 766 g/mol. The largest absolute Gasteiger partial charge is 0.330 e. The molecule has 0 saturated heterocycles. The van der Waals surface area contributed by atoms with Crippen molar-refractivity contribution >= 4 is 90.3 Å². The first-order valence-electron chi connectivity index (χ1n) is 11.7. The molecule has 4 atom stereocenters. The van der Waals surface area contributed by atoms with Crippen molar-refractivity contribution in [3.63, 3.8) is 0 Å². The van der Waals surface area contributed by atoms with Crippen LogP contribution in [0.4, 0.5) is 0 Å². The summed E-state index contributed by atoms with van der Waals surface area (Å²) in [6.45, 7) is 7.77. The third kappa shape index (κ3) is 7.35. The molecule has 3 nitrogen and oxygen atoms in total. The fraction of sp³-hybridized carbons (Fsp3) is 0.276. The van der Waals surface area contributed by atoms with E-state index in [1.165, 1.54) is 0 Å². The lowest BCUT2D eigenvalue weighted by Crippen LogP contribution is -2.20. The number of rotatable bonds is 9. The second kappa shape index (κ2) is 14.5. The zero-order valence-electron chi connectivity index (χ0n) is 20.8. The molecule has 0 bridgehead atoms. The zero-order valence-corrected chi connectivity index (χ0v) is 27.6. The summed E-state index contributed by atoms with van der Waals surface area (Å²) >= 11 is 25.2. The first-order valence-corrected chi connectivity index (χ1v) is 16.6. The van der Waals surface area contributed by atoms with Crippen molar-refractivity contribution in [3.8, 4) is 34.1 Å². The van der Waals surface area contributed by atoms with Crippen LogP contribution in [0.15, 0.2) is 65.1 Å². The van der Waals surface area contributed by atoms with Gasteiger partial charge in [-0.2, -0.15) is 0 Å². The minimum atomic E-state index is -1.32. The van der Waals surface area contributed by atoms with Gasteiger partial charge in [0.2, 0.25) is 0 Å². The van der Waals surface area contributed by atoms with Gasteiger partial charge in [-0.25, -0.2) is 0 Å². The fourth-order valence-electron chi connectivity index (χ4n) is 3.93. The Kier molecular flexibility index (Phi) is 12.0. The van der Waals surface area contributed by atoms with Gasteiger partial charge < -0.3 is 4.57 Å². The summed E-state index contributed by atoms with van der Waals surface area (Å²) in [4.78, 5) is 14.6. The Morgan fingerprint density at radius 2 is 1.84 bits per heavy atom. The fourth-order valence-corrected chi connectivity index (χ4v) is 7.17. The smallest absolute Gasteiger partial charge is 0.197 e. The van der Waals surface area contributed by atoms with Gasteiger partial charge in [0.1, 0.15) is 0 Å². The highest BCUT2D eigenvalue weighted by Crippen LogP contribution is 2.38. The van der Waals surface area contributed by atoms with E-state index in [4.69, 9.17) is 34.8 Å². The van der Waals surface area contributed by atoms with Crippen molar-refractivity contribution in [1.82, 2.24) is 4.57 Å². The molecule has 4 unspecified atom stereocenters. The zero-order chi connectivity index (χ0) is 28.0. The minimum absolute atomic E-state index is 0.156. The summed E-state index contributed by atoms with van der Waals surface area (Å²) in [5.41, 5.74) is 3.95. The lowest BCUT2D eigenvalue weighted by atomic mass is 9.97. The standard InChI is InChI=1S/C29H26BrCl3INO2S/c1-4-25(31)27(33)26(32)22-10-8-9-21(28(22)34)24-17-35(5-2)16-23(29(24)36)19-13-18(3)14-20(15-19)38(37)12-7-6-11-30/h5,8-10,13-17,25-27H,2,4,11-12H2,1,3H3. The molecule has 0 saturated carbocycles. The summed E-state index contributed by atoms with van der Waals surface area (Å²) in [5, 5.41) is -0.767. The van der Waals surface area contributed by atoms with Gasteiger partial charge in [-0.05, 0) is 64.8 Å². The number of hydrogen-bond acceptors (Lipinski definition) is 2. The summed E-state index contributed by atoms with van der Waals surface area (Å²) in [5.74, 6) is 6.00. The maximum absolute atomic E-state index is 13.9. The molecule has 3 aromatic rings. The molecular formula is C29H26BrCl3INO2S. The molecule has 1 aromatic heterocycles. The average Bonchev–Trinajstić information content (AvgIpc) is 2.92. The number of alkyl halides is 4. The second-order valence-electron chi connectivity index (χ2n) is 8.54. The Morgan fingerprint density at radius 3 is 2.50 bits per heavy atom. The molecule has 0 aliphatic heterocycles. The predicted octanol–water partition coefficient (Wildman–Crippen LogP) is 8.61. The molecule has 0 radical (unpaired) electrons. The van der Waals surface area contributed by atoms with Crippen LogP contribution in [0.5, 0.6) is 0 Å². The Labute approximate surface area is 263 Å². The normalized spacial score (nSPS) is 14.2. The van der Waals surface area contributed by atoms with Crippen molar-refractivity contribution in [2.75, 3.05) is 11.1 Å². The van der Waals surface area contributed by atoms with E-state index in [1.807, 2.05) is 44.2 Å². The van der Waals surface area contributed by atoms with Crippen molar-refractivity contribution in [2.24, 2.45) is 0 Å². The molecule has 3 rings (SSSR count). The number of pyridine rings is 1. The Hall–Kier alpha value is -1.08. The molecule has 0 aliphatic carbocycles. The lowest BCUT2D eigenvalue weighted by molar-refractivity contribution is 0.685. The summed E-state index contributed by atoms with van der Waals surface area (Å²) in [6.07, 6.45) is 5.81. The Bertz CT molecular complexity index is 1480. The topological polar surface area (TPSA) is 39.1 Å². The van der Waals surface area contributed by atoms with Crippen LogP contribution in [-0.4, -0.2) is 30.6 Å². The van der Waals surface area contributed by atoms with Crippen LogP contribution in [0.25, 0.3) is 28.5 Å². The first kappa shape index (κ1) is 31.4. The first-order chi connectivity index (χ1) is 18.1. The second-order valence-corrected chi connectivity index (χ2v) is 13.2. The molecule has 1 heterocycles. The molecule has 0 N–H and O–H groups in total. The molecule has 0 amide bonds. The quantitative estimate of drug-likeness (QED) is 0.124. The Balaban J connectivity index is 2.17. The summed E-state index contributed by atoms with van der Waals surface area (Å²) in [7, 11) is -1.32. The van der Waals surface area contributed by atoms with E-state index in [9.17, 15) is 9.00 Å². The number of nitrogens with zero attached hydrogens (tertiary/aromatic N) is 1. The van der Waals surface area contributed by atoms with E-state index >= 15 is 0 Å². The highest BCUT2D eigenvalue weighted by atomic mass is 127. The molecule has 0 spiro atoms. The number of hydrogen-bond donors (Lipinski definition) is 0. The van der Waals surface area contributed by atoms with Crippen LogP contribution in [0, 0.1) is 22.3 Å². The van der Waals surface area contributed by atoms with Crippen LogP contribution in [-0.2, 0) is 10.8 Å². The maximum atomic E-state index is 13.9. The number of aromatic nitrogens is 1. The van der Waals surface area contributed by atoms with Crippen LogP contribution in [0.2, 0.25) is 0 Å². The van der Waals surface area contributed by atoms with Crippen molar-refractivity contribution in [2.45, 2.75) is 41.3 Å². The van der Waals surface area contributed by atoms with Gasteiger partial charge in [-0.1, -0.05) is 65.5 Å². The SMILES string of the molecule is C=Cn1cc(-c2cc(C)cc(S(=O)CC#CCBr)c2)c(=O)c(-c2cccc(C(Cl)C(Cl)C(Cl)CC)c2I)c1. The third-order valence-corrected chi connectivity index (χ3v) is 10.5. The van der Waals surface area contributed by atoms with Crippen LogP contribution in [0.3, 0.4) is 0 Å². The van der Waals surface area contributed by atoms with E-state index < -0.39 is 21.6 Å². The lowest BCUT2D eigenvalue weighted by Gasteiger charge is -2.22. The summed E-state index contributed by atoms with van der Waals surface area (Å²) in [6, 6.07) is 11.2.